The number of carbonyl (C=O) groups is 1. The summed E-state index contributed by atoms with van der Waals surface area (Å²) in [7, 11) is 0. The van der Waals surface area contributed by atoms with Gasteiger partial charge in [-0.25, -0.2) is 0 Å². The molecule has 1 unspecified atom stereocenters. The van der Waals surface area contributed by atoms with Crippen molar-refractivity contribution < 1.29 is 14.3 Å². The Morgan fingerprint density at radius 1 is 1.18 bits per heavy atom. The zero-order chi connectivity index (χ0) is 15.5. The topological polar surface area (TPSA) is 38.8 Å². The second-order valence-corrected chi connectivity index (χ2v) is 5.38. The summed E-state index contributed by atoms with van der Waals surface area (Å²) in [5, 5.41) is 0. The second kappa shape index (κ2) is 6.10. The average Bonchev–Trinajstić information content (AvgIpc) is 2.55. The summed E-state index contributed by atoms with van der Waals surface area (Å²) in [6.07, 6.45) is -0.547. The first kappa shape index (κ1) is 14.4. The molecule has 0 fully saturated rings. The van der Waals surface area contributed by atoms with E-state index in [1.165, 1.54) is 0 Å². The number of ether oxygens (including phenoxy) is 2. The van der Waals surface area contributed by atoms with Crippen LogP contribution in [0.15, 0.2) is 48.5 Å². The monoisotopic (exact) mass is 297 g/mol. The van der Waals surface area contributed by atoms with E-state index in [1.54, 1.807) is 11.8 Å². The third kappa shape index (κ3) is 2.91. The summed E-state index contributed by atoms with van der Waals surface area (Å²) >= 11 is 0. The van der Waals surface area contributed by atoms with E-state index in [4.69, 9.17) is 9.47 Å². The van der Waals surface area contributed by atoms with Crippen molar-refractivity contribution in [1.29, 1.82) is 0 Å². The van der Waals surface area contributed by atoms with Crippen molar-refractivity contribution in [3.05, 3.63) is 54.1 Å². The molecule has 2 aromatic carbocycles. The van der Waals surface area contributed by atoms with Gasteiger partial charge < -0.3 is 14.4 Å². The van der Waals surface area contributed by atoms with Crippen molar-refractivity contribution in [2.45, 2.75) is 20.0 Å². The van der Waals surface area contributed by atoms with E-state index in [1.807, 2.05) is 55.5 Å². The maximum atomic E-state index is 12.7. The van der Waals surface area contributed by atoms with Crippen LogP contribution in [-0.2, 0) is 4.79 Å². The average molecular weight is 297 g/mol. The predicted molar refractivity (Wildman–Crippen MR) is 85.6 cm³/mol. The fourth-order valence-electron chi connectivity index (χ4n) is 2.49. The molecule has 114 valence electrons. The first-order chi connectivity index (χ1) is 10.6. The summed E-state index contributed by atoms with van der Waals surface area (Å²) in [6, 6.07) is 15.3. The van der Waals surface area contributed by atoms with Crippen molar-refractivity contribution >= 4 is 11.6 Å². The molecule has 1 heterocycles. The zero-order valence-corrected chi connectivity index (χ0v) is 12.8. The smallest absolute Gasteiger partial charge is 0.267 e. The molecule has 1 amide bonds. The van der Waals surface area contributed by atoms with Gasteiger partial charge in [0.2, 0.25) is 0 Å². The van der Waals surface area contributed by atoms with Crippen molar-refractivity contribution in [3.63, 3.8) is 0 Å². The van der Waals surface area contributed by atoms with Crippen LogP contribution in [0.1, 0.15) is 12.5 Å². The Bertz CT molecular complexity index is 666. The minimum Gasteiger partial charge on any atom is -0.490 e. The van der Waals surface area contributed by atoms with Crippen LogP contribution >= 0.6 is 0 Å². The van der Waals surface area contributed by atoms with Gasteiger partial charge >= 0.3 is 0 Å². The number of carbonyl (C=O) groups excluding carboxylic acids is 1. The Morgan fingerprint density at radius 2 is 1.91 bits per heavy atom. The second-order valence-electron chi connectivity index (χ2n) is 5.38. The maximum Gasteiger partial charge on any atom is 0.267 e. The lowest BCUT2D eigenvalue weighted by Crippen LogP contribution is -2.44. The van der Waals surface area contributed by atoms with Gasteiger partial charge in [0.15, 0.2) is 6.10 Å². The van der Waals surface area contributed by atoms with Crippen LogP contribution in [0.25, 0.3) is 0 Å². The number of hydrogen-bond donors (Lipinski definition) is 0. The molecule has 1 aliphatic rings. The molecule has 0 saturated heterocycles. The summed E-state index contributed by atoms with van der Waals surface area (Å²) in [6.45, 7) is 4.83. The third-order valence-corrected chi connectivity index (χ3v) is 3.68. The number of nitrogens with zero attached hydrogens (tertiary/aromatic N) is 1. The molecule has 1 atom stereocenters. The van der Waals surface area contributed by atoms with Crippen LogP contribution in [0.5, 0.6) is 11.5 Å². The van der Waals surface area contributed by atoms with Gasteiger partial charge in [-0.1, -0.05) is 29.8 Å². The third-order valence-electron chi connectivity index (χ3n) is 3.68. The molecule has 0 N–H and O–H groups in total. The normalized spacial score (nSPS) is 14.7. The molecule has 0 spiro atoms. The van der Waals surface area contributed by atoms with Crippen LogP contribution in [0.4, 0.5) is 5.69 Å². The fourth-order valence-corrected chi connectivity index (χ4v) is 2.49. The number of para-hydroxylation sites is 2. The van der Waals surface area contributed by atoms with E-state index in [2.05, 4.69) is 0 Å². The van der Waals surface area contributed by atoms with Gasteiger partial charge in [0.05, 0.1) is 12.2 Å². The van der Waals surface area contributed by atoms with E-state index >= 15 is 0 Å². The van der Waals surface area contributed by atoms with Crippen LogP contribution in [0.2, 0.25) is 0 Å². The van der Waals surface area contributed by atoms with Crippen LogP contribution < -0.4 is 14.4 Å². The number of hydrogen-bond acceptors (Lipinski definition) is 3. The van der Waals surface area contributed by atoms with E-state index in [-0.39, 0.29) is 5.91 Å². The number of aryl methyl sites for hydroxylation is 1. The van der Waals surface area contributed by atoms with Gasteiger partial charge in [-0.2, -0.15) is 0 Å². The Hall–Kier alpha value is -2.49. The van der Waals surface area contributed by atoms with Gasteiger partial charge in [-0.3, -0.25) is 4.79 Å². The zero-order valence-electron chi connectivity index (χ0n) is 12.8. The lowest BCUT2D eigenvalue weighted by Gasteiger charge is -2.31. The van der Waals surface area contributed by atoms with Crippen molar-refractivity contribution in [2.75, 3.05) is 18.1 Å². The van der Waals surface area contributed by atoms with Gasteiger partial charge in [0.1, 0.15) is 18.1 Å². The SMILES string of the molecule is Cc1ccc(OC(C)C(=O)N2CCOc3ccccc32)cc1. The van der Waals surface area contributed by atoms with Crippen LogP contribution in [0.3, 0.4) is 0 Å². The number of rotatable bonds is 3. The predicted octanol–water partition coefficient (Wildman–Crippen LogP) is 3.19. The molecule has 0 aromatic heterocycles. The standard InChI is InChI=1S/C18H19NO3/c1-13-7-9-15(10-8-13)22-14(2)18(20)19-11-12-21-17-6-4-3-5-16(17)19/h3-10,14H,11-12H2,1-2H3. The molecule has 3 rings (SSSR count). The van der Waals surface area contributed by atoms with E-state index in [9.17, 15) is 4.79 Å². The summed E-state index contributed by atoms with van der Waals surface area (Å²) < 4.78 is 11.3. The van der Waals surface area contributed by atoms with E-state index < -0.39 is 6.10 Å². The molecule has 0 aliphatic carbocycles. The largest absolute Gasteiger partial charge is 0.490 e. The Morgan fingerprint density at radius 3 is 2.68 bits per heavy atom. The highest BCUT2D eigenvalue weighted by molar-refractivity contribution is 5.98. The molecular weight excluding hydrogens is 278 g/mol. The maximum absolute atomic E-state index is 12.7. The molecule has 1 aliphatic heterocycles. The highest BCUT2D eigenvalue weighted by atomic mass is 16.5. The lowest BCUT2D eigenvalue weighted by molar-refractivity contribution is -0.124. The van der Waals surface area contributed by atoms with Gasteiger partial charge in [-0.05, 0) is 38.1 Å². The summed E-state index contributed by atoms with van der Waals surface area (Å²) in [5.41, 5.74) is 1.96. The lowest BCUT2D eigenvalue weighted by atomic mass is 10.2. The van der Waals surface area contributed by atoms with Gasteiger partial charge in [-0.15, -0.1) is 0 Å². The van der Waals surface area contributed by atoms with Crippen LogP contribution in [-0.4, -0.2) is 25.2 Å². The fraction of sp³-hybridized carbons (Fsp3) is 0.278. The summed E-state index contributed by atoms with van der Waals surface area (Å²) in [4.78, 5) is 14.4. The molecule has 2 aromatic rings. The molecule has 4 nitrogen and oxygen atoms in total. The van der Waals surface area contributed by atoms with Gasteiger partial charge in [0, 0.05) is 0 Å². The minimum absolute atomic E-state index is 0.0590. The number of fused-ring (bicyclic) bond motifs is 1. The molecule has 0 saturated carbocycles. The van der Waals surface area contributed by atoms with Crippen LogP contribution in [0, 0.1) is 6.92 Å². The molecule has 0 radical (unpaired) electrons. The minimum atomic E-state index is -0.547. The van der Waals surface area contributed by atoms with Crippen molar-refractivity contribution in [1.82, 2.24) is 0 Å². The quantitative estimate of drug-likeness (QED) is 0.873. The highest BCUT2D eigenvalue weighted by Gasteiger charge is 2.28. The van der Waals surface area contributed by atoms with E-state index in [0.29, 0.717) is 18.9 Å². The summed E-state index contributed by atoms with van der Waals surface area (Å²) in [5.74, 6) is 1.38. The first-order valence-electron chi connectivity index (χ1n) is 7.41. The Kier molecular flexibility index (Phi) is 4.00. The Balaban J connectivity index is 1.75. The Labute approximate surface area is 130 Å². The molecular formula is C18H19NO3. The number of amides is 1. The number of anilines is 1. The molecule has 0 bridgehead atoms. The molecule has 22 heavy (non-hydrogen) atoms. The van der Waals surface area contributed by atoms with E-state index in [0.717, 1.165) is 17.0 Å². The molecule has 4 heteroatoms. The van der Waals surface area contributed by atoms with Crippen molar-refractivity contribution in [2.24, 2.45) is 0 Å². The first-order valence-corrected chi connectivity index (χ1v) is 7.41. The highest BCUT2D eigenvalue weighted by Crippen LogP contribution is 2.31. The number of benzene rings is 2. The van der Waals surface area contributed by atoms with Crippen molar-refractivity contribution in [3.8, 4) is 11.5 Å². The van der Waals surface area contributed by atoms with Gasteiger partial charge in [0.25, 0.3) is 5.91 Å².